The number of halogens is 2. The molecule has 0 saturated carbocycles. The number of benzene rings is 1. The van der Waals surface area contributed by atoms with Gasteiger partial charge in [-0.15, -0.1) is 0 Å². The quantitative estimate of drug-likeness (QED) is 0.937. The highest BCUT2D eigenvalue weighted by atomic mass is 35.5. The minimum atomic E-state index is 0.252. The Morgan fingerprint density at radius 3 is 2.72 bits per heavy atom. The number of hydrogen-bond donors (Lipinski definition) is 1. The summed E-state index contributed by atoms with van der Waals surface area (Å²) in [5.41, 5.74) is 6.59. The van der Waals surface area contributed by atoms with Crippen LogP contribution in [-0.4, -0.2) is 9.78 Å². The summed E-state index contributed by atoms with van der Waals surface area (Å²) in [6.07, 6.45) is 2.48. The average Bonchev–Trinajstić information content (AvgIpc) is 2.68. The molecule has 6 heteroatoms. The van der Waals surface area contributed by atoms with Crippen LogP contribution in [-0.2, 0) is 13.2 Å². The first-order valence-electron chi connectivity index (χ1n) is 5.49. The van der Waals surface area contributed by atoms with Crippen molar-refractivity contribution >= 4 is 29.0 Å². The van der Waals surface area contributed by atoms with Crippen molar-refractivity contribution in [3.05, 3.63) is 40.0 Å². The second-order valence-electron chi connectivity index (χ2n) is 3.78. The normalized spacial score (nSPS) is 10.6. The van der Waals surface area contributed by atoms with Gasteiger partial charge in [0.2, 0.25) is 0 Å². The lowest BCUT2D eigenvalue weighted by atomic mass is 10.2. The molecule has 0 fully saturated rings. The molecule has 2 rings (SSSR count). The van der Waals surface area contributed by atoms with Gasteiger partial charge >= 0.3 is 0 Å². The van der Waals surface area contributed by atoms with E-state index in [0.717, 1.165) is 22.8 Å². The van der Waals surface area contributed by atoms with E-state index in [4.69, 9.17) is 33.7 Å². The molecule has 0 spiro atoms. The molecular weight excluding hydrogens is 273 g/mol. The summed E-state index contributed by atoms with van der Waals surface area (Å²) in [4.78, 5) is 0. The van der Waals surface area contributed by atoms with E-state index in [-0.39, 0.29) is 6.73 Å². The summed E-state index contributed by atoms with van der Waals surface area (Å²) >= 11 is 11.8. The van der Waals surface area contributed by atoms with Gasteiger partial charge in [0, 0.05) is 11.2 Å². The molecule has 2 N–H and O–H groups in total. The highest BCUT2D eigenvalue weighted by Crippen LogP contribution is 2.23. The fourth-order valence-electron chi connectivity index (χ4n) is 1.53. The average molecular weight is 286 g/mol. The van der Waals surface area contributed by atoms with Crippen molar-refractivity contribution in [1.29, 1.82) is 0 Å². The smallest absolute Gasteiger partial charge is 0.181 e. The minimum absolute atomic E-state index is 0.252. The zero-order chi connectivity index (χ0) is 13.1. The first kappa shape index (κ1) is 13.1. The summed E-state index contributed by atoms with van der Waals surface area (Å²) in [6, 6.07) is 5.55. The molecule has 0 aliphatic heterocycles. The van der Waals surface area contributed by atoms with Crippen LogP contribution >= 0.6 is 23.2 Å². The summed E-state index contributed by atoms with van der Waals surface area (Å²) in [5.74, 6) is 1.03. The molecule has 0 amide bonds. The van der Waals surface area contributed by atoms with Crippen molar-refractivity contribution in [3.63, 3.8) is 0 Å². The Morgan fingerprint density at radius 2 is 2.11 bits per heavy atom. The second kappa shape index (κ2) is 5.50. The summed E-state index contributed by atoms with van der Waals surface area (Å²) in [6.45, 7) is 2.29. The molecule has 0 bridgehead atoms. The zero-order valence-electron chi connectivity index (χ0n) is 9.86. The first-order valence-corrected chi connectivity index (χ1v) is 6.25. The number of aromatic nitrogens is 2. The molecule has 0 radical (unpaired) electrons. The Morgan fingerprint density at radius 1 is 1.33 bits per heavy atom. The zero-order valence-corrected chi connectivity index (χ0v) is 11.4. The van der Waals surface area contributed by atoms with Crippen LogP contribution in [0.15, 0.2) is 24.4 Å². The topological polar surface area (TPSA) is 53.1 Å². The Labute approximate surface area is 115 Å². The van der Waals surface area contributed by atoms with E-state index >= 15 is 0 Å². The molecule has 1 heterocycles. The third-order valence-corrected chi connectivity index (χ3v) is 3.16. The molecule has 0 aliphatic carbocycles. The van der Waals surface area contributed by atoms with E-state index < -0.39 is 0 Å². The van der Waals surface area contributed by atoms with Crippen molar-refractivity contribution in [1.82, 2.24) is 9.78 Å². The van der Waals surface area contributed by atoms with Gasteiger partial charge in [0.1, 0.15) is 10.8 Å². The van der Waals surface area contributed by atoms with Gasteiger partial charge in [-0.3, -0.25) is 0 Å². The molecule has 0 unspecified atom stereocenters. The number of hydrogen-bond acceptors (Lipinski definition) is 3. The van der Waals surface area contributed by atoms with Crippen molar-refractivity contribution in [2.45, 2.75) is 20.1 Å². The maximum absolute atomic E-state index is 6.03. The third-order valence-electron chi connectivity index (χ3n) is 2.50. The fraction of sp³-hybridized carbons (Fsp3) is 0.250. The largest absolute Gasteiger partial charge is 0.471 e. The predicted octanol–water partition coefficient (Wildman–Crippen LogP) is 3.37. The van der Waals surface area contributed by atoms with Gasteiger partial charge in [-0.2, -0.15) is 5.10 Å². The van der Waals surface area contributed by atoms with Crippen LogP contribution in [0.2, 0.25) is 10.0 Å². The van der Waals surface area contributed by atoms with E-state index in [1.807, 2.05) is 25.1 Å². The van der Waals surface area contributed by atoms with Crippen LogP contribution < -0.4 is 10.5 Å². The van der Waals surface area contributed by atoms with Gasteiger partial charge in [-0.05, 0) is 30.2 Å². The van der Waals surface area contributed by atoms with Crippen LogP contribution in [0.1, 0.15) is 12.5 Å². The molecule has 4 nitrogen and oxygen atoms in total. The van der Waals surface area contributed by atoms with Crippen LogP contribution in [0.5, 0.6) is 5.75 Å². The van der Waals surface area contributed by atoms with Gasteiger partial charge in [0.25, 0.3) is 0 Å². The Balaban J connectivity index is 2.06. The summed E-state index contributed by atoms with van der Waals surface area (Å²) < 4.78 is 7.13. The van der Waals surface area contributed by atoms with Crippen LogP contribution in [0.4, 0.5) is 5.82 Å². The first-order chi connectivity index (χ1) is 8.60. The van der Waals surface area contributed by atoms with Crippen LogP contribution in [0, 0.1) is 0 Å². The monoisotopic (exact) mass is 285 g/mol. The van der Waals surface area contributed by atoms with Gasteiger partial charge in [-0.25, -0.2) is 4.68 Å². The molecule has 2 aromatic rings. The van der Waals surface area contributed by atoms with Gasteiger partial charge in [0.05, 0.1) is 0 Å². The highest BCUT2D eigenvalue weighted by Gasteiger charge is 2.04. The fourth-order valence-corrected chi connectivity index (χ4v) is 1.93. The van der Waals surface area contributed by atoms with E-state index in [2.05, 4.69) is 5.10 Å². The van der Waals surface area contributed by atoms with Crippen LogP contribution in [0.3, 0.4) is 0 Å². The number of nitrogens with two attached hydrogens (primary N) is 1. The lowest BCUT2D eigenvalue weighted by Crippen LogP contribution is -2.06. The van der Waals surface area contributed by atoms with Crippen molar-refractivity contribution < 1.29 is 4.74 Å². The lowest BCUT2D eigenvalue weighted by Gasteiger charge is -2.08. The predicted molar refractivity (Wildman–Crippen MR) is 73.1 cm³/mol. The molecule has 1 aromatic heterocycles. The summed E-state index contributed by atoms with van der Waals surface area (Å²) in [5, 5.41) is 5.16. The van der Waals surface area contributed by atoms with Crippen molar-refractivity contribution in [2.24, 2.45) is 0 Å². The maximum atomic E-state index is 6.03. The van der Waals surface area contributed by atoms with Crippen molar-refractivity contribution in [3.8, 4) is 5.75 Å². The minimum Gasteiger partial charge on any atom is -0.471 e. The molecular formula is C12H13Cl2N3O. The number of rotatable bonds is 4. The standard InChI is InChI=1S/C12H13Cl2N3O/c1-2-8-5-9(3-4-10(8)13)18-7-17-6-11(14)12(15)16-17/h3-6H,2,7H2,1H3,(H2,15,16). The van der Waals surface area contributed by atoms with E-state index in [1.165, 1.54) is 4.68 Å². The number of aryl methyl sites for hydroxylation is 1. The van der Waals surface area contributed by atoms with Crippen LogP contribution in [0.25, 0.3) is 0 Å². The lowest BCUT2D eigenvalue weighted by molar-refractivity contribution is 0.221. The second-order valence-corrected chi connectivity index (χ2v) is 4.60. The third kappa shape index (κ3) is 2.89. The Bertz CT molecular complexity index is 535. The molecule has 18 heavy (non-hydrogen) atoms. The highest BCUT2D eigenvalue weighted by molar-refractivity contribution is 6.32. The van der Waals surface area contributed by atoms with E-state index in [0.29, 0.717) is 10.8 Å². The van der Waals surface area contributed by atoms with Gasteiger partial charge < -0.3 is 10.5 Å². The van der Waals surface area contributed by atoms with Gasteiger partial charge in [0.15, 0.2) is 12.5 Å². The van der Waals surface area contributed by atoms with Crippen molar-refractivity contribution in [2.75, 3.05) is 5.73 Å². The number of anilines is 1. The summed E-state index contributed by atoms with van der Waals surface area (Å²) in [7, 11) is 0. The molecule has 0 atom stereocenters. The molecule has 0 aliphatic rings. The number of nitrogens with zero attached hydrogens (tertiary/aromatic N) is 2. The molecule has 96 valence electrons. The Hall–Kier alpha value is -1.39. The van der Waals surface area contributed by atoms with Gasteiger partial charge in [-0.1, -0.05) is 30.1 Å². The maximum Gasteiger partial charge on any atom is 0.181 e. The molecule has 1 aromatic carbocycles. The number of ether oxygens (including phenoxy) is 1. The molecule has 0 saturated heterocycles. The number of nitrogen functional groups attached to an aromatic ring is 1. The Kier molecular flexibility index (Phi) is 3.99. The van der Waals surface area contributed by atoms with E-state index in [9.17, 15) is 0 Å². The van der Waals surface area contributed by atoms with E-state index in [1.54, 1.807) is 6.20 Å². The SMILES string of the molecule is CCc1cc(OCn2cc(Cl)c(N)n2)ccc1Cl.